The molecule has 0 unspecified atom stereocenters. The number of carbonyl (C=O) groups excluding carboxylic acids is 6. The van der Waals surface area contributed by atoms with Gasteiger partial charge in [-0.05, 0) is 6.07 Å². The Morgan fingerprint density at radius 1 is 1.00 bits per heavy atom. The number of aromatic nitrogens is 2. The minimum absolute atomic E-state index is 0.206. The van der Waals surface area contributed by atoms with Gasteiger partial charge in [0.1, 0.15) is 24.6 Å². The maximum atomic E-state index is 13.4. The number of rotatable bonds is 10. The molecular weight excluding hydrogens is 554 g/mol. The number of ether oxygens (including phenoxy) is 7. The largest absolute Gasteiger partial charge is 0.465 e. The fourth-order valence-electron chi connectivity index (χ4n) is 4.24. The summed E-state index contributed by atoms with van der Waals surface area (Å²) < 4.78 is 38.2. The van der Waals surface area contributed by atoms with Gasteiger partial charge in [0.25, 0.3) is 5.72 Å². The summed E-state index contributed by atoms with van der Waals surface area (Å²) >= 11 is 0. The van der Waals surface area contributed by atoms with Gasteiger partial charge < -0.3 is 38.9 Å². The van der Waals surface area contributed by atoms with Crippen LogP contribution in [-0.4, -0.2) is 89.6 Å². The maximum Gasteiger partial charge on any atom is 0.360 e. The van der Waals surface area contributed by atoms with E-state index in [0.29, 0.717) is 4.57 Å². The minimum atomic E-state index is -2.49. The van der Waals surface area contributed by atoms with Crippen molar-refractivity contribution in [3.8, 4) is 0 Å². The van der Waals surface area contributed by atoms with Crippen molar-refractivity contribution in [3.05, 3.63) is 22.7 Å². The van der Waals surface area contributed by atoms with Gasteiger partial charge in [-0.2, -0.15) is 4.98 Å². The standard InChI is InChI=1S/C24H31N3O14/c1-11(28)36-10-17(38-13(3)30)20(40-15(5)32)21-19(39-14(4)31)16(37-12(2)29)9-24(41-21,22(33)35-6)27-8-7-18(25)26-23(27)34/h7-8,16-17,19-21H,9-10H2,1-6H3,(H2,25,26,34)/t16-,17+,19+,20-,21+,24+/m0/s1. The molecule has 0 bridgehead atoms. The molecule has 1 fully saturated rings. The van der Waals surface area contributed by atoms with E-state index in [4.69, 9.17) is 38.9 Å². The van der Waals surface area contributed by atoms with Gasteiger partial charge in [-0.15, -0.1) is 0 Å². The van der Waals surface area contributed by atoms with Gasteiger partial charge in [0.15, 0.2) is 18.3 Å². The molecule has 0 radical (unpaired) electrons. The van der Waals surface area contributed by atoms with Crippen LogP contribution in [0.5, 0.6) is 0 Å². The Balaban J connectivity index is 2.90. The Labute approximate surface area is 233 Å². The van der Waals surface area contributed by atoms with Crippen molar-refractivity contribution in [1.82, 2.24) is 9.55 Å². The third-order valence-electron chi connectivity index (χ3n) is 5.60. The molecule has 1 aliphatic heterocycles. The number of methoxy groups -OCH3 is 1. The van der Waals surface area contributed by atoms with Crippen LogP contribution in [0, 0.1) is 0 Å². The van der Waals surface area contributed by atoms with E-state index in [1.165, 1.54) is 0 Å². The Kier molecular flexibility index (Phi) is 10.9. The zero-order valence-electron chi connectivity index (χ0n) is 23.1. The smallest absolute Gasteiger partial charge is 0.360 e. The van der Waals surface area contributed by atoms with Crippen LogP contribution in [0.2, 0.25) is 0 Å². The van der Waals surface area contributed by atoms with Crippen LogP contribution < -0.4 is 11.4 Å². The zero-order chi connectivity index (χ0) is 31.1. The van der Waals surface area contributed by atoms with Crippen LogP contribution in [0.4, 0.5) is 5.82 Å². The third kappa shape index (κ3) is 8.23. The van der Waals surface area contributed by atoms with Crippen LogP contribution in [0.25, 0.3) is 0 Å². The normalized spacial score (nSPS) is 23.2. The average Bonchev–Trinajstić information content (AvgIpc) is 2.84. The van der Waals surface area contributed by atoms with Crippen molar-refractivity contribution in [2.45, 2.75) is 77.3 Å². The van der Waals surface area contributed by atoms with E-state index in [0.717, 1.165) is 54.0 Å². The van der Waals surface area contributed by atoms with Crippen molar-refractivity contribution >= 4 is 41.6 Å². The highest BCUT2D eigenvalue weighted by atomic mass is 16.7. The number of esters is 6. The lowest BCUT2D eigenvalue weighted by Gasteiger charge is -2.48. The molecule has 0 saturated carbocycles. The Bertz CT molecular complexity index is 1250. The molecule has 41 heavy (non-hydrogen) atoms. The molecule has 2 heterocycles. The molecular formula is C24H31N3O14. The van der Waals surface area contributed by atoms with Crippen LogP contribution in [-0.2, 0) is 67.7 Å². The van der Waals surface area contributed by atoms with Gasteiger partial charge in [0, 0.05) is 47.2 Å². The van der Waals surface area contributed by atoms with Crippen LogP contribution >= 0.6 is 0 Å². The number of nitrogens with two attached hydrogens (primary N) is 1. The highest BCUT2D eigenvalue weighted by Crippen LogP contribution is 2.39. The molecule has 1 aliphatic rings. The van der Waals surface area contributed by atoms with E-state index in [1.807, 2.05) is 0 Å². The molecule has 6 atom stereocenters. The topological polar surface area (TPSA) is 228 Å². The monoisotopic (exact) mass is 585 g/mol. The number of hydrogen-bond donors (Lipinski definition) is 1. The molecule has 0 aliphatic carbocycles. The fraction of sp³-hybridized carbons (Fsp3) is 0.583. The van der Waals surface area contributed by atoms with Gasteiger partial charge in [-0.3, -0.25) is 28.5 Å². The van der Waals surface area contributed by atoms with Gasteiger partial charge in [-0.1, -0.05) is 0 Å². The van der Waals surface area contributed by atoms with Gasteiger partial charge >= 0.3 is 41.5 Å². The summed E-state index contributed by atoms with van der Waals surface area (Å²) in [4.78, 5) is 90.0. The molecule has 17 heteroatoms. The number of hydrogen-bond acceptors (Lipinski definition) is 16. The van der Waals surface area contributed by atoms with E-state index in [-0.39, 0.29) is 5.82 Å². The van der Waals surface area contributed by atoms with Crippen LogP contribution in [0.3, 0.4) is 0 Å². The summed E-state index contributed by atoms with van der Waals surface area (Å²) in [6, 6.07) is 1.16. The first kappa shape index (κ1) is 32.7. The van der Waals surface area contributed by atoms with E-state index >= 15 is 0 Å². The summed E-state index contributed by atoms with van der Waals surface area (Å²) in [5.74, 6) is -5.90. The number of carbonyl (C=O) groups is 6. The molecule has 0 aromatic carbocycles. The predicted molar refractivity (Wildman–Crippen MR) is 131 cm³/mol. The molecule has 1 aromatic heterocycles. The van der Waals surface area contributed by atoms with E-state index in [2.05, 4.69) is 4.98 Å². The summed E-state index contributed by atoms with van der Waals surface area (Å²) in [5, 5.41) is 0. The molecule has 2 N–H and O–H groups in total. The maximum absolute atomic E-state index is 13.4. The van der Waals surface area contributed by atoms with E-state index in [1.54, 1.807) is 0 Å². The van der Waals surface area contributed by atoms with Gasteiger partial charge in [0.05, 0.1) is 7.11 Å². The molecule has 2 rings (SSSR count). The SMILES string of the molecule is COC(=O)[C@@]1(n2ccc(N)nc2=O)C[C@H](OC(C)=O)[C@@H](OC(C)=O)[C@H]([C@@H](OC(C)=O)[C@@H](COC(C)=O)OC(C)=O)O1. The van der Waals surface area contributed by atoms with E-state index < -0.39 is 90.8 Å². The lowest BCUT2D eigenvalue weighted by Crippen LogP contribution is -2.67. The van der Waals surface area contributed by atoms with Crippen LogP contribution in [0.15, 0.2) is 17.1 Å². The lowest BCUT2D eigenvalue weighted by molar-refractivity contribution is -0.287. The summed E-state index contributed by atoms with van der Waals surface area (Å²) in [5.41, 5.74) is 2.01. The first-order chi connectivity index (χ1) is 19.1. The zero-order valence-corrected chi connectivity index (χ0v) is 23.1. The Morgan fingerprint density at radius 2 is 1.61 bits per heavy atom. The average molecular weight is 586 g/mol. The molecule has 1 aromatic rings. The lowest BCUT2D eigenvalue weighted by atomic mass is 9.88. The van der Waals surface area contributed by atoms with Crippen molar-refractivity contribution < 1.29 is 61.9 Å². The second kappa shape index (κ2) is 13.7. The Morgan fingerprint density at radius 3 is 2.10 bits per heavy atom. The molecule has 17 nitrogen and oxygen atoms in total. The highest BCUT2D eigenvalue weighted by Gasteiger charge is 2.60. The second-order valence-corrected chi connectivity index (χ2v) is 8.81. The summed E-state index contributed by atoms with van der Waals surface area (Å²) in [6.07, 6.45) is -8.04. The van der Waals surface area contributed by atoms with Crippen molar-refractivity contribution in [3.63, 3.8) is 0 Å². The molecule has 1 saturated heterocycles. The number of nitrogen functional groups attached to an aromatic ring is 1. The molecule has 0 spiro atoms. The summed E-state index contributed by atoms with van der Waals surface area (Å²) in [6.45, 7) is 4.41. The second-order valence-electron chi connectivity index (χ2n) is 8.81. The molecule has 0 amide bonds. The van der Waals surface area contributed by atoms with Crippen molar-refractivity contribution in [2.24, 2.45) is 0 Å². The first-order valence-corrected chi connectivity index (χ1v) is 12.0. The quantitative estimate of drug-likeness (QED) is 0.249. The number of nitrogens with zero attached hydrogens (tertiary/aromatic N) is 2. The molecule has 226 valence electrons. The van der Waals surface area contributed by atoms with Crippen molar-refractivity contribution in [2.75, 3.05) is 19.5 Å². The Hall–Kier alpha value is -4.54. The minimum Gasteiger partial charge on any atom is -0.465 e. The third-order valence-corrected chi connectivity index (χ3v) is 5.60. The highest BCUT2D eigenvalue weighted by molar-refractivity contribution is 5.78. The van der Waals surface area contributed by atoms with Crippen molar-refractivity contribution in [1.29, 1.82) is 0 Å². The summed E-state index contributed by atoms with van der Waals surface area (Å²) in [7, 11) is 0.975. The fourth-order valence-corrected chi connectivity index (χ4v) is 4.24. The predicted octanol–water partition coefficient (Wildman–Crippen LogP) is -1.27. The number of anilines is 1. The van der Waals surface area contributed by atoms with Gasteiger partial charge in [0.2, 0.25) is 0 Å². The first-order valence-electron chi connectivity index (χ1n) is 12.0. The van der Waals surface area contributed by atoms with E-state index in [9.17, 15) is 33.6 Å². The van der Waals surface area contributed by atoms with Crippen LogP contribution in [0.1, 0.15) is 41.0 Å². The van der Waals surface area contributed by atoms with Gasteiger partial charge in [-0.25, -0.2) is 9.59 Å².